The zero-order valence-corrected chi connectivity index (χ0v) is 10.8. The third-order valence-corrected chi connectivity index (χ3v) is 2.71. The van der Waals surface area contributed by atoms with Gasteiger partial charge in [0.15, 0.2) is 0 Å². The molecule has 0 aliphatic rings. The van der Waals surface area contributed by atoms with E-state index in [1.54, 1.807) is 24.5 Å². The molecule has 1 aromatic carbocycles. The highest BCUT2D eigenvalue weighted by atomic mass is 35.5. The maximum Gasteiger partial charge on any atom is 0.416 e. The Bertz CT molecular complexity index is 612. The summed E-state index contributed by atoms with van der Waals surface area (Å²) >= 11 is 5.81. The van der Waals surface area contributed by atoms with Crippen molar-refractivity contribution in [2.45, 2.75) is 6.18 Å². The molecular formula is C13H9ClF3N3. The van der Waals surface area contributed by atoms with E-state index in [0.29, 0.717) is 5.56 Å². The third kappa shape index (κ3) is 3.71. The van der Waals surface area contributed by atoms with Crippen molar-refractivity contribution in [1.82, 2.24) is 4.98 Å². The predicted octanol–water partition coefficient (Wildman–Crippen LogP) is 4.20. The lowest BCUT2D eigenvalue weighted by atomic mass is 10.2. The standard InChI is InChI=1S/C13H9ClF3N3/c14-11-4-3-10(13(15,16)17)6-12(11)20-19-8-9-2-1-5-18-7-9/h1-8,20H/b19-8-. The maximum atomic E-state index is 12.6. The van der Waals surface area contributed by atoms with Crippen molar-refractivity contribution in [3.05, 3.63) is 58.9 Å². The fraction of sp³-hybridized carbons (Fsp3) is 0.0769. The highest BCUT2D eigenvalue weighted by molar-refractivity contribution is 6.33. The first-order valence-electron chi connectivity index (χ1n) is 5.52. The molecule has 2 rings (SSSR count). The molecule has 0 fully saturated rings. The molecule has 104 valence electrons. The molecule has 3 nitrogen and oxygen atoms in total. The highest BCUT2D eigenvalue weighted by Crippen LogP contribution is 2.33. The van der Waals surface area contributed by atoms with Gasteiger partial charge < -0.3 is 0 Å². The Balaban J connectivity index is 2.15. The second-order valence-electron chi connectivity index (χ2n) is 3.85. The Morgan fingerprint density at radius 2 is 2.05 bits per heavy atom. The number of halogens is 4. The molecule has 0 aliphatic carbocycles. The van der Waals surface area contributed by atoms with E-state index in [0.717, 1.165) is 12.1 Å². The first-order valence-corrected chi connectivity index (χ1v) is 5.90. The lowest BCUT2D eigenvalue weighted by Gasteiger charge is -2.09. The van der Waals surface area contributed by atoms with Gasteiger partial charge in [-0.25, -0.2) is 0 Å². The van der Waals surface area contributed by atoms with Gasteiger partial charge in [-0.15, -0.1) is 0 Å². The first kappa shape index (κ1) is 14.3. The Kier molecular flexibility index (Phi) is 4.24. The van der Waals surface area contributed by atoms with Crippen LogP contribution < -0.4 is 5.43 Å². The third-order valence-electron chi connectivity index (χ3n) is 2.38. The zero-order valence-electron chi connectivity index (χ0n) is 10.0. The SMILES string of the molecule is FC(F)(F)c1ccc(Cl)c(N/N=C\c2cccnc2)c1. The van der Waals surface area contributed by atoms with Crippen LogP contribution in [0.15, 0.2) is 47.8 Å². The molecule has 7 heteroatoms. The molecule has 1 aromatic heterocycles. The van der Waals surface area contributed by atoms with Crippen molar-refractivity contribution < 1.29 is 13.2 Å². The lowest BCUT2D eigenvalue weighted by Crippen LogP contribution is -2.05. The Hall–Kier alpha value is -2.08. The van der Waals surface area contributed by atoms with Crippen molar-refractivity contribution in [1.29, 1.82) is 0 Å². The molecule has 0 atom stereocenters. The average Bonchev–Trinajstić information content (AvgIpc) is 2.41. The quantitative estimate of drug-likeness (QED) is 0.681. The van der Waals surface area contributed by atoms with Gasteiger partial charge in [0.1, 0.15) is 0 Å². The second kappa shape index (κ2) is 5.92. The number of hydrazone groups is 1. The summed E-state index contributed by atoms with van der Waals surface area (Å²) in [6, 6.07) is 6.47. The van der Waals surface area contributed by atoms with Gasteiger partial charge in [0.05, 0.1) is 22.5 Å². The van der Waals surface area contributed by atoms with Gasteiger partial charge in [0, 0.05) is 18.0 Å². The second-order valence-corrected chi connectivity index (χ2v) is 4.26. The van der Waals surface area contributed by atoms with Crippen LogP contribution in [0.25, 0.3) is 0 Å². The van der Waals surface area contributed by atoms with Gasteiger partial charge in [-0.3, -0.25) is 10.4 Å². The minimum absolute atomic E-state index is 0.0848. The number of hydrogen-bond donors (Lipinski definition) is 1. The Labute approximate surface area is 118 Å². The van der Waals surface area contributed by atoms with Gasteiger partial charge in [0.2, 0.25) is 0 Å². The first-order chi connectivity index (χ1) is 9.47. The van der Waals surface area contributed by atoms with Gasteiger partial charge in [0.25, 0.3) is 0 Å². The average molecular weight is 300 g/mol. The maximum absolute atomic E-state index is 12.6. The van der Waals surface area contributed by atoms with Crippen LogP contribution >= 0.6 is 11.6 Å². The molecule has 20 heavy (non-hydrogen) atoms. The minimum atomic E-state index is -4.42. The van der Waals surface area contributed by atoms with E-state index in [9.17, 15) is 13.2 Å². The van der Waals surface area contributed by atoms with Gasteiger partial charge in [-0.1, -0.05) is 17.7 Å². The number of alkyl halides is 3. The molecule has 0 radical (unpaired) electrons. The molecule has 1 N–H and O–H groups in total. The zero-order chi connectivity index (χ0) is 14.6. The summed E-state index contributed by atoms with van der Waals surface area (Å²) in [5, 5.41) is 3.98. The largest absolute Gasteiger partial charge is 0.416 e. The van der Waals surface area contributed by atoms with Crippen LogP contribution in [0.5, 0.6) is 0 Å². The topological polar surface area (TPSA) is 37.3 Å². The van der Waals surface area contributed by atoms with Crippen LogP contribution in [0.3, 0.4) is 0 Å². The van der Waals surface area contributed by atoms with Crippen molar-refractivity contribution in [2.75, 3.05) is 5.43 Å². The van der Waals surface area contributed by atoms with Crippen molar-refractivity contribution >= 4 is 23.5 Å². The summed E-state index contributed by atoms with van der Waals surface area (Å²) in [5.41, 5.74) is 2.49. The smallest absolute Gasteiger partial charge is 0.277 e. The van der Waals surface area contributed by atoms with Crippen molar-refractivity contribution in [3.63, 3.8) is 0 Å². The molecule has 0 spiro atoms. The Morgan fingerprint density at radius 3 is 2.70 bits per heavy atom. The molecule has 0 saturated heterocycles. The predicted molar refractivity (Wildman–Crippen MR) is 71.9 cm³/mol. The van der Waals surface area contributed by atoms with E-state index in [1.165, 1.54) is 12.3 Å². The number of nitrogens with zero attached hydrogens (tertiary/aromatic N) is 2. The molecule has 0 amide bonds. The van der Waals surface area contributed by atoms with Gasteiger partial charge in [-0.2, -0.15) is 18.3 Å². The number of aromatic nitrogens is 1. The highest BCUT2D eigenvalue weighted by Gasteiger charge is 2.30. The van der Waals surface area contributed by atoms with Crippen LogP contribution in [0, 0.1) is 0 Å². The summed E-state index contributed by atoms with van der Waals surface area (Å²) in [7, 11) is 0. The molecule has 1 heterocycles. The van der Waals surface area contributed by atoms with Crippen LogP contribution in [0.1, 0.15) is 11.1 Å². The summed E-state index contributed by atoms with van der Waals surface area (Å²) in [6.07, 6.45) is 0.186. The summed E-state index contributed by atoms with van der Waals surface area (Å²) < 4.78 is 37.7. The fourth-order valence-electron chi connectivity index (χ4n) is 1.42. The number of benzene rings is 1. The van der Waals surface area contributed by atoms with Crippen LogP contribution in [0.4, 0.5) is 18.9 Å². The Morgan fingerprint density at radius 1 is 1.25 bits per heavy atom. The normalized spacial score (nSPS) is 11.8. The van der Waals surface area contributed by atoms with Crippen molar-refractivity contribution in [2.24, 2.45) is 5.10 Å². The van der Waals surface area contributed by atoms with Crippen molar-refractivity contribution in [3.8, 4) is 0 Å². The van der Waals surface area contributed by atoms with Crippen LogP contribution in [0.2, 0.25) is 5.02 Å². The monoisotopic (exact) mass is 299 g/mol. The van der Waals surface area contributed by atoms with E-state index in [-0.39, 0.29) is 10.7 Å². The van der Waals surface area contributed by atoms with Gasteiger partial charge >= 0.3 is 6.18 Å². The number of rotatable bonds is 3. The number of pyridine rings is 1. The number of anilines is 1. The lowest BCUT2D eigenvalue weighted by molar-refractivity contribution is -0.137. The number of nitrogens with one attached hydrogen (secondary N) is 1. The number of hydrogen-bond acceptors (Lipinski definition) is 3. The van der Waals surface area contributed by atoms with E-state index >= 15 is 0 Å². The van der Waals surface area contributed by atoms with Gasteiger partial charge in [-0.05, 0) is 24.3 Å². The van der Waals surface area contributed by atoms with E-state index in [4.69, 9.17) is 11.6 Å². The molecule has 0 saturated carbocycles. The minimum Gasteiger partial charge on any atom is -0.277 e. The van der Waals surface area contributed by atoms with E-state index in [2.05, 4.69) is 15.5 Å². The molecule has 0 aliphatic heterocycles. The van der Waals surface area contributed by atoms with Crippen LogP contribution in [-0.4, -0.2) is 11.2 Å². The molecular weight excluding hydrogens is 291 g/mol. The van der Waals surface area contributed by atoms with E-state index in [1.807, 2.05) is 0 Å². The van der Waals surface area contributed by atoms with E-state index < -0.39 is 11.7 Å². The molecule has 2 aromatic rings. The fourth-order valence-corrected chi connectivity index (χ4v) is 1.58. The summed E-state index contributed by atoms with van der Waals surface area (Å²) in [4.78, 5) is 3.88. The molecule has 0 bridgehead atoms. The van der Waals surface area contributed by atoms with Crippen LogP contribution in [-0.2, 0) is 6.18 Å². The summed E-state index contributed by atoms with van der Waals surface area (Å²) in [6.45, 7) is 0. The summed E-state index contributed by atoms with van der Waals surface area (Å²) in [5.74, 6) is 0. The molecule has 0 unspecified atom stereocenters.